The lowest BCUT2D eigenvalue weighted by atomic mass is 10.1. The number of hydrogen-bond donors (Lipinski definition) is 2. The highest BCUT2D eigenvalue weighted by Crippen LogP contribution is 2.20. The summed E-state index contributed by atoms with van der Waals surface area (Å²) >= 11 is 0. The summed E-state index contributed by atoms with van der Waals surface area (Å²) in [7, 11) is 0. The molecule has 0 bridgehead atoms. The Morgan fingerprint density at radius 3 is 2.77 bits per heavy atom. The van der Waals surface area contributed by atoms with E-state index in [9.17, 15) is 10.3 Å². The van der Waals surface area contributed by atoms with E-state index in [2.05, 4.69) is 0 Å². The van der Waals surface area contributed by atoms with Crippen molar-refractivity contribution in [1.82, 2.24) is 4.73 Å². The number of hydrogen-bond acceptors (Lipinski definition) is 2. The van der Waals surface area contributed by atoms with Gasteiger partial charge in [0, 0.05) is 11.6 Å². The number of aromatic nitrogens is 1. The zero-order valence-electron chi connectivity index (χ0n) is 7.31. The fourth-order valence-electron chi connectivity index (χ4n) is 1.41. The first kappa shape index (κ1) is 8.13. The van der Waals surface area contributed by atoms with Crippen LogP contribution in [0.3, 0.4) is 0 Å². The van der Waals surface area contributed by atoms with Crippen LogP contribution in [0.2, 0.25) is 0 Å². The minimum atomic E-state index is -0.466. The number of aliphatic hydroxyl groups excluding tert-OH is 1. The van der Waals surface area contributed by atoms with Gasteiger partial charge in [0.05, 0.1) is 11.6 Å². The van der Waals surface area contributed by atoms with Crippen molar-refractivity contribution in [3.63, 3.8) is 0 Å². The molecule has 68 valence electrons. The molecular weight excluding hydrogens is 166 g/mol. The van der Waals surface area contributed by atoms with Crippen molar-refractivity contribution < 1.29 is 10.3 Å². The Morgan fingerprint density at radius 1 is 1.31 bits per heavy atom. The van der Waals surface area contributed by atoms with Gasteiger partial charge in [-0.05, 0) is 30.7 Å². The summed E-state index contributed by atoms with van der Waals surface area (Å²) in [6, 6.07) is 7.27. The molecule has 0 radical (unpaired) electrons. The van der Waals surface area contributed by atoms with E-state index in [1.165, 1.54) is 0 Å². The lowest BCUT2D eigenvalue weighted by molar-refractivity contribution is 0.197. The van der Waals surface area contributed by atoms with Gasteiger partial charge in [0.25, 0.3) is 0 Å². The predicted octanol–water partition coefficient (Wildman–Crippen LogP) is 1.93. The second-order valence-corrected chi connectivity index (χ2v) is 3.15. The van der Waals surface area contributed by atoms with Crippen molar-refractivity contribution in [3.8, 4) is 0 Å². The maximum atomic E-state index is 9.32. The fraction of sp³-hybridized carbons (Fsp3) is 0.200. The van der Waals surface area contributed by atoms with Gasteiger partial charge in [-0.15, -0.1) is 0 Å². The van der Waals surface area contributed by atoms with Crippen molar-refractivity contribution in [1.29, 1.82) is 0 Å². The predicted molar refractivity (Wildman–Crippen MR) is 49.8 cm³/mol. The Bertz CT molecular complexity index is 431. The Balaban J connectivity index is 2.63. The van der Waals surface area contributed by atoms with Crippen LogP contribution in [0.1, 0.15) is 18.6 Å². The standard InChI is InChI=1S/C10H11NO2/c1-7(12)8-2-3-10-9(6-8)4-5-11(10)13/h2-7,12-13H,1H3. The monoisotopic (exact) mass is 177 g/mol. The lowest BCUT2D eigenvalue weighted by Crippen LogP contribution is -1.91. The zero-order chi connectivity index (χ0) is 9.42. The van der Waals surface area contributed by atoms with Gasteiger partial charge in [0.2, 0.25) is 0 Å². The third-order valence-electron chi connectivity index (χ3n) is 2.18. The molecule has 0 spiro atoms. The van der Waals surface area contributed by atoms with Crippen LogP contribution < -0.4 is 0 Å². The van der Waals surface area contributed by atoms with Crippen molar-refractivity contribution in [2.45, 2.75) is 13.0 Å². The molecule has 1 unspecified atom stereocenters. The molecule has 13 heavy (non-hydrogen) atoms. The molecule has 0 amide bonds. The summed E-state index contributed by atoms with van der Waals surface area (Å²) in [6.45, 7) is 1.72. The molecule has 1 heterocycles. The molecule has 0 saturated heterocycles. The number of aliphatic hydroxyl groups is 1. The van der Waals surface area contributed by atoms with Crippen LogP contribution in [-0.2, 0) is 0 Å². The van der Waals surface area contributed by atoms with Crippen LogP contribution in [-0.4, -0.2) is 15.0 Å². The Hall–Kier alpha value is -1.48. The number of rotatable bonds is 1. The van der Waals surface area contributed by atoms with Crippen LogP contribution in [0.25, 0.3) is 10.9 Å². The van der Waals surface area contributed by atoms with Gasteiger partial charge in [0.1, 0.15) is 0 Å². The first-order chi connectivity index (χ1) is 6.18. The smallest absolute Gasteiger partial charge is 0.0865 e. The van der Waals surface area contributed by atoms with Crippen LogP contribution in [0, 0.1) is 0 Å². The molecule has 2 aromatic rings. The number of fused-ring (bicyclic) bond motifs is 1. The van der Waals surface area contributed by atoms with E-state index in [1.54, 1.807) is 31.3 Å². The van der Waals surface area contributed by atoms with Crippen molar-refractivity contribution >= 4 is 10.9 Å². The van der Waals surface area contributed by atoms with Crippen molar-refractivity contribution in [3.05, 3.63) is 36.0 Å². The molecule has 2 rings (SSSR count). The summed E-state index contributed by atoms with van der Waals surface area (Å²) in [5.74, 6) is 0. The lowest BCUT2D eigenvalue weighted by Gasteiger charge is -2.04. The summed E-state index contributed by atoms with van der Waals surface area (Å²) in [4.78, 5) is 0. The average Bonchev–Trinajstić information content (AvgIpc) is 2.47. The molecule has 0 saturated carbocycles. The van der Waals surface area contributed by atoms with E-state index in [1.807, 2.05) is 6.07 Å². The molecule has 0 aliphatic carbocycles. The second kappa shape index (κ2) is 2.78. The highest BCUT2D eigenvalue weighted by molar-refractivity contribution is 5.80. The largest absolute Gasteiger partial charge is 0.428 e. The molecule has 3 heteroatoms. The Labute approximate surface area is 75.8 Å². The van der Waals surface area contributed by atoms with Gasteiger partial charge < -0.3 is 10.3 Å². The molecule has 0 fully saturated rings. The normalized spacial score (nSPS) is 13.4. The van der Waals surface area contributed by atoms with E-state index < -0.39 is 6.10 Å². The van der Waals surface area contributed by atoms with Crippen LogP contribution in [0.4, 0.5) is 0 Å². The minimum absolute atomic E-state index is 0.466. The van der Waals surface area contributed by atoms with Gasteiger partial charge in [-0.2, -0.15) is 4.73 Å². The Kier molecular flexibility index (Phi) is 1.74. The molecule has 0 aliphatic heterocycles. The van der Waals surface area contributed by atoms with E-state index in [0.717, 1.165) is 21.2 Å². The van der Waals surface area contributed by atoms with E-state index >= 15 is 0 Å². The molecule has 1 aromatic carbocycles. The Morgan fingerprint density at radius 2 is 2.08 bits per heavy atom. The zero-order valence-corrected chi connectivity index (χ0v) is 7.31. The fourth-order valence-corrected chi connectivity index (χ4v) is 1.41. The topological polar surface area (TPSA) is 45.4 Å². The van der Waals surface area contributed by atoms with E-state index in [-0.39, 0.29) is 0 Å². The third kappa shape index (κ3) is 1.27. The summed E-state index contributed by atoms with van der Waals surface area (Å²) < 4.78 is 1.07. The maximum absolute atomic E-state index is 9.32. The highest BCUT2D eigenvalue weighted by Gasteiger charge is 2.04. The second-order valence-electron chi connectivity index (χ2n) is 3.15. The first-order valence-corrected chi connectivity index (χ1v) is 4.17. The molecule has 2 N–H and O–H groups in total. The maximum Gasteiger partial charge on any atom is 0.0865 e. The summed E-state index contributed by atoms with van der Waals surface area (Å²) in [6.07, 6.45) is 1.11. The van der Waals surface area contributed by atoms with E-state index in [4.69, 9.17) is 0 Å². The number of benzene rings is 1. The molecule has 1 aromatic heterocycles. The van der Waals surface area contributed by atoms with Crippen molar-refractivity contribution in [2.75, 3.05) is 0 Å². The summed E-state index contributed by atoms with van der Waals surface area (Å²) in [5.41, 5.74) is 1.61. The highest BCUT2D eigenvalue weighted by atomic mass is 16.5. The van der Waals surface area contributed by atoms with E-state index in [0.29, 0.717) is 0 Å². The van der Waals surface area contributed by atoms with Crippen molar-refractivity contribution in [2.24, 2.45) is 0 Å². The summed E-state index contributed by atoms with van der Waals surface area (Å²) in [5, 5.41) is 19.5. The SMILES string of the molecule is CC(O)c1ccc2c(ccn2O)c1. The average molecular weight is 177 g/mol. The van der Waals surface area contributed by atoms with Crippen LogP contribution in [0.5, 0.6) is 0 Å². The van der Waals surface area contributed by atoms with Gasteiger partial charge in [-0.3, -0.25) is 0 Å². The first-order valence-electron chi connectivity index (χ1n) is 4.17. The third-order valence-corrected chi connectivity index (χ3v) is 2.18. The van der Waals surface area contributed by atoms with Crippen LogP contribution >= 0.6 is 0 Å². The van der Waals surface area contributed by atoms with Gasteiger partial charge >= 0.3 is 0 Å². The van der Waals surface area contributed by atoms with Crippen LogP contribution in [0.15, 0.2) is 30.5 Å². The minimum Gasteiger partial charge on any atom is -0.428 e. The molecule has 1 atom stereocenters. The van der Waals surface area contributed by atoms with Gasteiger partial charge in [-0.1, -0.05) is 6.07 Å². The molecule has 0 aliphatic rings. The number of nitrogens with zero attached hydrogens (tertiary/aromatic N) is 1. The van der Waals surface area contributed by atoms with Gasteiger partial charge in [-0.25, -0.2) is 0 Å². The van der Waals surface area contributed by atoms with Gasteiger partial charge in [0.15, 0.2) is 0 Å². The quantitative estimate of drug-likeness (QED) is 0.654. The molecule has 3 nitrogen and oxygen atoms in total. The molecular formula is C10H11NO2.